The lowest BCUT2D eigenvalue weighted by molar-refractivity contribution is 0.0696. The molecular weight excluding hydrogens is 721 g/mol. The molecule has 6 heteroatoms. The van der Waals surface area contributed by atoms with Crippen molar-refractivity contribution in [2.45, 2.75) is 51.7 Å². The number of carboxylic acid groups (broad SMARTS) is 2. The molecule has 58 heavy (non-hydrogen) atoms. The molecule has 2 unspecified atom stereocenters. The number of carboxylic acids is 2. The van der Waals surface area contributed by atoms with Crippen molar-refractivity contribution in [2.24, 2.45) is 0 Å². The molecule has 9 rings (SSSR count). The summed E-state index contributed by atoms with van der Waals surface area (Å²) in [7, 11) is 0. The number of hydrogen-bond donors (Lipinski definition) is 2. The lowest BCUT2D eigenvalue weighted by Crippen LogP contribution is -2.17. The number of hydrogen-bond acceptors (Lipinski definition) is 4. The van der Waals surface area contributed by atoms with E-state index >= 15 is 0 Å². The molecule has 0 saturated carbocycles. The van der Waals surface area contributed by atoms with Crippen molar-refractivity contribution in [1.29, 1.82) is 0 Å². The molecular formula is C52H42O6. The molecule has 0 aliphatic heterocycles. The number of ether oxygens (including phenoxy) is 2. The van der Waals surface area contributed by atoms with Gasteiger partial charge in [-0.1, -0.05) is 109 Å². The molecule has 0 amide bonds. The van der Waals surface area contributed by atoms with E-state index in [1.807, 2.05) is 105 Å². The third-order valence-electron chi connectivity index (χ3n) is 11.5. The van der Waals surface area contributed by atoms with Crippen LogP contribution < -0.4 is 9.47 Å². The van der Waals surface area contributed by atoms with E-state index < -0.39 is 11.9 Å². The van der Waals surface area contributed by atoms with E-state index in [9.17, 15) is 19.8 Å². The van der Waals surface area contributed by atoms with Gasteiger partial charge in [-0.3, -0.25) is 0 Å². The van der Waals surface area contributed by atoms with Crippen molar-refractivity contribution in [3.63, 3.8) is 0 Å². The van der Waals surface area contributed by atoms with Crippen molar-refractivity contribution >= 4 is 11.9 Å². The van der Waals surface area contributed by atoms with E-state index in [0.29, 0.717) is 36.8 Å². The van der Waals surface area contributed by atoms with E-state index in [1.165, 1.54) is 6.07 Å². The minimum Gasteiger partial charge on any atom is -0.490 e. The van der Waals surface area contributed by atoms with Crippen LogP contribution in [0.5, 0.6) is 11.5 Å². The van der Waals surface area contributed by atoms with Crippen LogP contribution in [0.4, 0.5) is 0 Å². The second kappa shape index (κ2) is 15.2. The maximum atomic E-state index is 13.4. The first-order valence-corrected chi connectivity index (χ1v) is 19.8. The van der Waals surface area contributed by atoms with Crippen LogP contribution in [-0.2, 0) is 25.7 Å². The largest absolute Gasteiger partial charge is 0.490 e. The van der Waals surface area contributed by atoms with Crippen LogP contribution in [0, 0.1) is 0 Å². The van der Waals surface area contributed by atoms with Gasteiger partial charge in [-0.05, 0) is 141 Å². The van der Waals surface area contributed by atoms with Gasteiger partial charge in [0.1, 0.15) is 11.5 Å². The number of carbonyl (C=O) groups is 2. The second-order valence-electron chi connectivity index (χ2n) is 15.4. The molecule has 2 atom stereocenters. The third kappa shape index (κ3) is 6.81. The van der Waals surface area contributed by atoms with Crippen LogP contribution in [0.1, 0.15) is 67.9 Å². The number of fused-ring (bicyclic) bond motifs is 6. The standard InChI is InChI=1S/C52H42O6/c1-31(57-37-15-5-3-6-16-37)25-35-21-23-41-39-19-11-9-13-33(39)27-43(41)49(35)45-29-46(48(52(55)56)30-47(45)51(53)54)50-36(26-32(2)58-38-17-7-4-8-18-38)22-24-42-40-20-12-10-14-34(40)28-44(42)50/h3-24,29-32H,25-28H2,1-2H3,(H,53,54)(H,55,56). The summed E-state index contributed by atoms with van der Waals surface area (Å²) in [6.45, 7) is 4.04. The predicted octanol–water partition coefficient (Wildman–Crippen LogP) is 11.6. The zero-order valence-electron chi connectivity index (χ0n) is 32.4. The first kappa shape index (κ1) is 36.7. The maximum Gasteiger partial charge on any atom is 0.336 e. The molecule has 2 aliphatic rings. The zero-order valence-corrected chi connectivity index (χ0v) is 32.4. The molecule has 0 radical (unpaired) electrons. The highest BCUT2D eigenvalue weighted by Crippen LogP contribution is 2.49. The lowest BCUT2D eigenvalue weighted by atomic mass is 9.81. The van der Waals surface area contributed by atoms with E-state index in [0.717, 1.165) is 78.3 Å². The number of para-hydroxylation sites is 2. The smallest absolute Gasteiger partial charge is 0.336 e. The summed E-state index contributed by atoms with van der Waals surface area (Å²) in [5, 5.41) is 21.9. The summed E-state index contributed by atoms with van der Waals surface area (Å²) in [5.74, 6) is -0.872. The Morgan fingerprint density at radius 1 is 0.483 bits per heavy atom. The molecule has 2 N–H and O–H groups in total. The van der Waals surface area contributed by atoms with Gasteiger partial charge >= 0.3 is 11.9 Å². The van der Waals surface area contributed by atoms with Gasteiger partial charge < -0.3 is 19.7 Å². The highest BCUT2D eigenvalue weighted by molar-refractivity contribution is 6.07. The minimum absolute atomic E-state index is 0.0541. The minimum atomic E-state index is -1.19. The quantitative estimate of drug-likeness (QED) is 0.129. The fraction of sp³-hybridized carbons (Fsp3) is 0.154. The van der Waals surface area contributed by atoms with E-state index in [4.69, 9.17) is 9.47 Å². The lowest BCUT2D eigenvalue weighted by Gasteiger charge is -2.24. The van der Waals surface area contributed by atoms with Gasteiger partial charge in [0.25, 0.3) is 0 Å². The Hall–Kier alpha value is -6.92. The van der Waals surface area contributed by atoms with Crippen molar-refractivity contribution in [1.82, 2.24) is 0 Å². The zero-order chi connectivity index (χ0) is 39.9. The van der Waals surface area contributed by atoms with Gasteiger partial charge in [0.15, 0.2) is 0 Å². The Balaban J connectivity index is 1.27. The summed E-state index contributed by atoms with van der Waals surface area (Å²) in [6, 6.07) is 47.6. The first-order valence-electron chi connectivity index (χ1n) is 19.8. The second-order valence-corrected chi connectivity index (χ2v) is 15.4. The van der Waals surface area contributed by atoms with Crippen LogP contribution in [0.25, 0.3) is 44.5 Å². The molecule has 0 bridgehead atoms. The van der Waals surface area contributed by atoms with Gasteiger partial charge in [-0.2, -0.15) is 0 Å². The van der Waals surface area contributed by atoms with Gasteiger partial charge in [0, 0.05) is 12.8 Å². The fourth-order valence-electron chi connectivity index (χ4n) is 9.06. The predicted molar refractivity (Wildman–Crippen MR) is 228 cm³/mol. The molecule has 0 saturated heterocycles. The monoisotopic (exact) mass is 762 g/mol. The molecule has 286 valence electrons. The topological polar surface area (TPSA) is 93.1 Å². The van der Waals surface area contributed by atoms with Gasteiger partial charge in [-0.25, -0.2) is 9.59 Å². The Morgan fingerprint density at radius 2 is 0.879 bits per heavy atom. The number of benzene rings is 7. The molecule has 0 fully saturated rings. The van der Waals surface area contributed by atoms with Crippen molar-refractivity contribution < 1.29 is 29.3 Å². The molecule has 2 aliphatic carbocycles. The summed E-state index contributed by atoms with van der Waals surface area (Å²) in [4.78, 5) is 26.8. The SMILES string of the molecule is CC(Cc1ccc2c(c1-c1cc(-c3c(CC(C)Oc4ccccc4)ccc4c3Cc3ccccc3-4)c(C(=O)O)cc1C(=O)O)Cc1ccccc1-2)Oc1ccccc1. The molecule has 0 heterocycles. The van der Waals surface area contributed by atoms with Crippen molar-refractivity contribution in [2.75, 3.05) is 0 Å². The Morgan fingerprint density at radius 3 is 1.29 bits per heavy atom. The number of rotatable bonds is 12. The van der Waals surface area contributed by atoms with Crippen LogP contribution in [0.2, 0.25) is 0 Å². The van der Waals surface area contributed by atoms with Crippen LogP contribution >= 0.6 is 0 Å². The van der Waals surface area contributed by atoms with Gasteiger partial charge in [-0.15, -0.1) is 0 Å². The Bertz CT molecular complexity index is 2530. The summed E-state index contributed by atoms with van der Waals surface area (Å²) < 4.78 is 12.8. The van der Waals surface area contributed by atoms with Crippen LogP contribution in [-0.4, -0.2) is 34.4 Å². The highest BCUT2D eigenvalue weighted by atomic mass is 16.5. The molecule has 6 nitrogen and oxygen atoms in total. The average molecular weight is 763 g/mol. The van der Waals surface area contributed by atoms with E-state index in [1.54, 1.807) is 0 Å². The molecule has 0 spiro atoms. The Labute approximate surface area is 338 Å². The van der Waals surface area contributed by atoms with Crippen molar-refractivity contribution in [3.8, 4) is 56.0 Å². The summed E-state index contributed by atoms with van der Waals surface area (Å²) >= 11 is 0. The highest BCUT2D eigenvalue weighted by Gasteiger charge is 2.32. The fourth-order valence-corrected chi connectivity index (χ4v) is 9.06. The van der Waals surface area contributed by atoms with Crippen LogP contribution in [0.15, 0.2) is 146 Å². The number of aromatic carboxylic acids is 2. The molecule has 7 aromatic carbocycles. The van der Waals surface area contributed by atoms with Crippen molar-refractivity contribution in [3.05, 3.63) is 190 Å². The molecule has 7 aromatic rings. The third-order valence-corrected chi connectivity index (χ3v) is 11.5. The average Bonchev–Trinajstić information content (AvgIpc) is 3.79. The van der Waals surface area contributed by atoms with Gasteiger partial charge in [0.05, 0.1) is 23.3 Å². The Kier molecular flexibility index (Phi) is 9.62. The van der Waals surface area contributed by atoms with Gasteiger partial charge in [0.2, 0.25) is 0 Å². The normalized spacial score (nSPS) is 13.1. The van der Waals surface area contributed by atoms with E-state index in [2.05, 4.69) is 48.5 Å². The van der Waals surface area contributed by atoms with Crippen LogP contribution in [0.3, 0.4) is 0 Å². The summed E-state index contributed by atoms with van der Waals surface area (Å²) in [5.41, 5.74) is 13.1. The maximum absolute atomic E-state index is 13.4. The first-order chi connectivity index (χ1) is 28.2. The molecule has 0 aromatic heterocycles. The van der Waals surface area contributed by atoms with E-state index in [-0.39, 0.29) is 23.3 Å². The summed E-state index contributed by atoms with van der Waals surface area (Å²) in [6.07, 6.45) is 1.74.